The summed E-state index contributed by atoms with van der Waals surface area (Å²) in [7, 11) is 0. The molecule has 0 spiro atoms. The number of aromatic nitrogens is 7. The Morgan fingerprint density at radius 1 is 1.06 bits per heavy atom. The molecule has 1 aliphatic heterocycles. The SMILES string of the molecule is CCCCn1nc(C2CCCCC2)nc1Cc1ccc(C2(c3nn[nH]n3)C=CNC=C2)cc1. The molecule has 1 aliphatic carbocycles. The monoisotopic (exact) mass is 444 g/mol. The van der Waals surface area contributed by atoms with Crippen LogP contribution < -0.4 is 5.32 Å². The average molecular weight is 445 g/mol. The lowest BCUT2D eigenvalue weighted by Gasteiger charge is -2.26. The lowest BCUT2D eigenvalue weighted by atomic mass is 9.78. The fraction of sp³-hybridized carbons (Fsp3) is 0.480. The fourth-order valence-electron chi connectivity index (χ4n) is 4.90. The number of nitrogens with one attached hydrogen (secondary N) is 2. The van der Waals surface area contributed by atoms with Gasteiger partial charge in [-0.1, -0.05) is 62.1 Å². The van der Waals surface area contributed by atoms with Gasteiger partial charge in [0.1, 0.15) is 5.82 Å². The Kier molecular flexibility index (Phi) is 6.32. The predicted octanol–water partition coefficient (Wildman–Crippen LogP) is 4.15. The molecule has 2 aliphatic rings. The molecule has 3 aromatic rings. The van der Waals surface area contributed by atoms with Crippen molar-refractivity contribution in [3.63, 3.8) is 0 Å². The second kappa shape index (κ2) is 9.68. The molecule has 0 radical (unpaired) electrons. The summed E-state index contributed by atoms with van der Waals surface area (Å²) in [4.78, 5) is 5.04. The summed E-state index contributed by atoms with van der Waals surface area (Å²) in [5.41, 5.74) is 1.78. The molecule has 1 aromatic carbocycles. The molecule has 0 saturated heterocycles. The van der Waals surface area contributed by atoms with Gasteiger partial charge in [0.25, 0.3) is 0 Å². The molecule has 8 nitrogen and oxygen atoms in total. The Bertz CT molecular complexity index is 1080. The smallest absolute Gasteiger partial charge is 0.192 e. The largest absolute Gasteiger partial charge is 0.368 e. The number of tetrazole rings is 1. The number of allylic oxidation sites excluding steroid dienone is 2. The van der Waals surface area contributed by atoms with Gasteiger partial charge in [-0.3, -0.25) is 0 Å². The number of nitrogens with zero attached hydrogens (tertiary/aromatic N) is 6. The summed E-state index contributed by atoms with van der Waals surface area (Å²) in [6.07, 6.45) is 17.4. The van der Waals surface area contributed by atoms with Crippen molar-refractivity contribution in [2.75, 3.05) is 0 Å². The maximum absolute atomic E-state index is 5.04. The Balaban J connectivity index is 1.40. The van der Waals surface area contributed by atoms with E-state index in [1.165, 1.54) is 37.7 Å². The van der Waals surface area contributed by atoms with Crippen LogP contribution in [-0.2, 0) is 18.4 Å². The first kappa shape index (κ1) is 21.6. The van der Waals surface area contributed by atoms with E-state index in [9.17, 15) is 0 Å². The Labute approximate surface area is 194 Å². The quantitative estimate of drug-likeness (QED) is 0.542. The first-order chi connectivity index (χ1) is 16.3. The number of rotatable bonds is 8. The van der Waals surface area contributed by atoms with Crippen molar-refractivity contribution < 1.29 is 0 Å². The van der Waals surface area contributed by atoms with Crippen molar-refractivity contribution in [3.05, 3.63) is 77.4 Å². The summed E-state index contributed by atoms with van der Waals surface area (Å²) < 4.78 is 2.15. The average Bonchev–Trinajstić information content (AvgIpc) is 3.55. The van der Waals surface area contributed by atoms with Crippen molar-refractivity contribution >= 4 is 0 Å². The van der Waals surface area contributed by atoms with Crippen LogP contribution in [0.3, 0.4) is 0 Å². The van der Waals surface area contributed by atoms with Gasteiger partial charge < -0.3 is 5.32 Å². The van der Waals surface area contributed by atoms with E-state index >= 15 is 0 Å². The second-order valence-corrected chi connectivity index (χ2v) is 9.11. The second-order valence-electron chi connectivity index (χ2n) is 9.11. The third-order valence-corrected chi connectivity index (χ3v) is 6.85. The van der Waals surface area contributed by atoms with Crippen molar-refractivity contribution in [1.29, 1.82) is 0 Å². The summed E-state index contributed by atoms with van der Waals surface area (Å²) in [6, 6.07) is 8.67. The van der Waals surface area contributed by atoms with Gasteiger partial charge in [-0.15, -0.1) is 10.2 Å². The van der Waals surface area contributed by atoms with Crippen LogP contribution in [0.5, 0.6) is 0 Å². The molecule has 0 atom stereocenters. The third-order valence-electron chi connectivity index (χ3n) is 6.85. The van der Waals surface area contributed by atoms with E-state index in [4.69, 9.17) is 10.1 Å². The van der Waals surface area contributed by atoms with Gasteiger partial charge in [0.2, 0.25) is 0 Å². The molecule has 172 valence electrons. The highest BCUT2D eigenvalue weighted by atomic mass is 15.5. The first-order valence-electron chi connectivity index (χ1n) is 12.2. The molecule has 0 unspecified atom stereocenters. The van der Waals surface area contributed by atoms with Crippen LogP contribution in [0.25, 0.3) is 0 Å². The van der Waals surface area contributed by atoms with Crippen LogP contribution in [0, 0.1) is 0 Å². The number of dihydropyridines is 1. The Morgan fingerprint density at radius 2 is 1.85 bits per heavy atom. The molecule has 1 fully saturated rings. The van der Waals surface area contributed by atoms with E-state index in [2.05, 4.69) is 74.0 Å². The molecule has 1 saturated carbocycles. The Morgan fingerprint density at radius 3 is 2.55 bits per heavy atom. The van der Waals surface area contributed by atoms with Crippen LogP contribution >= 0.6 is 0 Å². The zero-order valence-corrected chi connectivity index (χ0v) is 19.2. The minimum Gasteiger partial charge on any atom is -0.368 e. The normalized spacial score (nSPS) is 17.8. The van der Waals surface area contributed by atoms with Crippen molar-refractivity contribution in [2.45, 2.75) is 76.2 Å². The van der Waals surface area contributed by atoms with Gasteiger partial charge in [-0.2, -0.15) is 10.3 Å². The standard InChI is InChI=1S/C25H32N8/c1-2-3-17-33-22(27-23(30-33)20-7-5-4-6-8-20)18-19-9-11-21(12-10-19)25(13-15-26-16-14-25)24-28-31-32-29-24/h9-16,20,26H,2-8,17-18H2,1H3,(H,28,29,31,32). The molecule has 0 bridgehead atoms. The molecular formula is C25H32N8. The van der Waals surface area contributed by atoms with E-state index in [1.54, 1.807) is 0 Å². The topological polar surface area (TPSA) is 97.2 Å². The number of aromatic amines is 1. The minimum atomic E-state index is -0.536. The molecule has 2 aromatic heterocycles. The van der Waals surface area contributed by atoms with Gasteiger partial charge in [0.15, 0.2) is 11.6 Å². The highest BCUT2D eigenvalue weighted by Gasteiger charge is 2.34. The molecule has 8 heteroatoms. The maximum Gasteiger partial charge on any atom is 0.192 e. The van der Waals surface area contributed by atoms with Crippen LogP contribution in [-0.4, -0.2) is 35.4 Å². The zero-order chi connectivity index (χ0) is 22.5. The molecule has 5 rings (SSSR count). The van der Waals surface area contributed by atoms with Gasteiger partial charge in [0.05, 0.1) is 5.41 Å². The first-order valence-corrected chi connectivity index (χ1v) is 12.2. The summed E-state index contributed by atoms with van der Waals surface area (Å²) >= 11 is 0. The van der Waals surface area contributed by atoms with Gasteiger partial charge in [0, 0.05) is 18.9 Å². The van der Waals surface area contributed by atoms with Gasteiger partial charge in [-0.05, 0) is 54.9 Å². The number of aryl methyl sites for hydroxylation is 1. The summed E-state index contributed by atoms with van der Waals surface area (Å²) in [5, 5.41) is 22.9. The predicted molar refractivity (Wildman–Crippen MR) is 126 cm³/mol. The van der Waals surface area contributed by atoms with Crippen LogP contribution in [0.2, 0.25) is 0 Å². The number of H-pyrrole nitrogens is 1. The molecular weight excluding hydrogens is 412 g/mol. The zero-order valence-electron chi connectivity index (χ0n) is 19.2. The number of benzene rings is 1. The lowest BCUT2D eigenvalue weighted by molar-refractivity contribution is 0.425. The molecule has 2 N–H and O–H groups in total. The van der Waals surface area contributed by atoms with E-state index in [1.807, 2.05) is 12.4 Å². The highest BCUT2D eigenvalue weighted by Crippen LogP contribution is 2.34. The Hall–Kier alpha value is -3.29. The number of hydrogen-bond donors (Lipinski definition) is 2. The molecule has 33 heavy (non-hydrogen) atoms. The van der Waals surface area contributed by atoms with Gasteiger partial charge >= 0.3 is 0 Å². The summed E-state index contributed by atoms with van der Waals surface area (Å²) in [6.45, 7) is 3.16. The minimum absolute atomic E-state index is 0.524. The van der Waals surface area contributed by atoms with Crippen molar-refractivity contribution in [3.8, 4) is 0 Å². The third kappa shape index (κ3) is 4.47. The molecule has 0 amide bonds. The number of unbranched alkanes of at least 4 members (excludes halogenated alkanes) is 1. The number of hydrogen-bond acceptors (Lipinski definition) is 6. The lowest BCUT2D eigenvalue weighted by Crippen LogP contribution is -2.28. The van der Waals surface area contributed by atoms with Crippen LogP contribution in [0.15, 0.2) is 48.8 Å². The van der Waals surface area contributed by atoms with E-state index in [0.29, 0.717) is 11.7 Å². The van der Waals surface area contributed by atoms with E-state index in [0.717, 1.165) is 43.0 Å². The van der Waals surface area contributed by atoms with Crippen molar-refractivity contribution in [2.24, 2.45) is 0 Å². The molecule has 3 heterocycles. The van der Waals surface area contributed by atoms with Crippen LogP contribution in [0.4, 0.5) is 0 Å². The van der Waals surface area contributed by atoms with Gasteiger partial charge in [-0.25, -0.2) is 9.67 Å². The fourth-order valence-corrected chi connectivity index (χ4v) is 4.90. The van der Waals surface area contributed by atoms with E-state index < -0.39 is 5.41 Å². The highest BCUT2D eigenvalue weighted by molar-refractivity contribution is 5.46. The maximum atomic E-state index is 5.04. The summed E-state index contributed by atoms with van der Waals surface area (Å²) in [5.74, 6) is 3.28. The van der Waals surface area contributed by atoms with Crippen molar-refractivity contribution in [1.82, 2.24) is 40.7 Å². The van der Waals surface area contributed by atoms with Crippen LogP contribution in [0.1, 0.15) is 86.4 Å². The van der Waals surface area contributed by atoms with E-state index in [-0.39, 0.29) is 0 Å².